The molecule has 0 aliphatic carbocycles. The molecule has 1 aromatic heterocycles. The quantitative estimate of drug-likeness (QED) is 0.802. The van der Waals surface area contributed by atoms with E-state index in [0.717, 1.165) is 37.2 Å². The topological polar surface area (TPSA) is 57.7 Å². The van der Waals surface area contributed by atoms with E-state index in [1.807, 2.05) is 4.90 Å². The summed E-state index contributed by atoms with van der Waals surface area (Å²) in [6, 6.07) is 3.47. The van der Waals surface area contributed by atoms with Gasteiger partial charge < -0.3 is 4.90 Å². The van der Waals surface area contributed by atoms with Crippen molar-refractivity contribution in [3.8, 4) is 0 Å². The summed E-state index contributed by atoms with van der Waals surface area (Å²) in [5.74, 6) is 1.18. The van der Waals surface area contributed by atoms with E-state index in [4.69, 9.17) is 0 Å². The molecular formula is C18H28N2O3S2. The number of piperidine rings is 2. The van der Waals surface area contributed by atoms with E-state index in [-0.39, 0.29) is 5.91 Å². The molecule has 2 unspecified atom stereocenters. The maximum atomic E-state index is 12.7. The van der Waals surface area contributed by atoms with Gasteiger partial charge in [-0.2, -0.15) is 4.31 Å². The smallest absolute Gasteiger partial charge is 0.252 e. The minimum atomic E-state index is -3.39. The Hall–Kier alpha value is -0.920. The van der Waals surface area contributed by atoms with Gasteiger partial charge in [0.05, 0.1) is 6.42 Å². The van der Waals surface area contributed by atoms with Gasteiger partial charge in [-0.05, 0) is 43.2 Å². The molecular weight excluding hydrogens is 356 g/mol. The van der Waals surface area contributed by atoms with E-state index < -0.39 is 10.0 Å². The largest absolute Gasteiger partial charge is 0.342 e. The van der Waals surface area contributed by atoms with Crippen LogP contribution in [0.5, 0.6) is 0 Å². The summed E-state index contributed by atoms with van der Waals surface area (Å²) in [5.41, 5.74) is 0. The molecule has 2 atom stereocenters. The van der Waals surface area contributed by atoms with Crippen LogP contribution in [0.3, 0.4) is 0 Å². The number of carbonyl (C=O) groups is 1. The lowest BCUT2D eigenvalue weighted by Gasteiger charge is -2.35. The molecule has 0 aromatic carbocycles. The second kappa shape index (κ2) is 7.76. The maximum Gasteiger partial charge on any atom is 0.252 e. The van der Waals surface area contributed by atoms with Gasteiger partial charge in [0.1, 0.15) is 4.21 Å². The fourth-order valence-electron chi connectivity index (χ4n) is 3.95. The molecule has 2 aliphatic heterocycles. The van der Waals surface area contributed by atoms with Crippen LogP contribution in [-0.4, -0.2) is 49.7 Å². The van der Waals surface area contributed by atoms with Crippen LogP contribution >= 0.6 is 11.3 Å². The lowest BCUT2D eigenvalue weighted by atomic mass is 9.92. The number of sulfonamides is 1. The molecule has 1 aromatic rings. The predicted molar refractivity (Wildman–Crippen MR) is 100 cm³/mol. The van der Waals surface area contributed by atoms with E-state index in [2.05, 4.69) is 13.8 Å². The van der Waals surface area contributed by atoms with Gasteiger partial charge in [0, 0.05) is 31.1 Å². The van der Waals surface area contributed by atoms with Gasteiger partial charge in [0.25, 0.3) is 10.0 Å². The summed E-state index contributed by atoms with van der Waals surface area (Å²) >= 11 is 1.25. The average molecular weight is 385 g/mol. The molecule has 2 aliphatic rings. The highest BCUT2D eigenvalue weighted by Gasteiger charge is 2.29. The molecule has 25 heavy (non-hydrogen) atoms. The first kappa shape index (κ1) is 18.9. The van der Waals surface area contributed by atoms with Crippen molar-refractivity contribution in [2.45, 2.75) is 50.2 Å². The Labute approximate surface area is 155 Å². The number of hydrogen-bond acceptors (Lipinski definition) is 4. The molecule has 2 saturated heterocycles. The molecule has 2 fully saturated rings. The van der Waals surface area contributed by atoms with E-state index in [1.165, 1.54) is 17.8 Å². The minimum Gasteiger partial charge on any atom is -0.342 e. The van der Waals surface area contributed by atoms with Crippen molar-refractivity contribution >= 4 is 27.3 Å². The van der Waals surface area contributed by atoms with Crippen molar-refractivity contribution in [2.24, 2.45) is 11.8 Å². The van der Waals surface area contributed by atoms with Gasteiger partial charge in [-0.25, -0.2) is 8.42 Å². The Balaban J connectivity index is 1.66. The zero-order valence-electron chi connectivity index (χ0n) is 15.1. The first-order valence-electron chi connectivity index (χ1n) is 9.23. The van der Waals surface area contributed by atoms with Gasteiger partial charge in [-0.15, -0.1) is 11.3 Å². The average Bonchev–Trinajstić information content (AvgIpc) is 3.04. The molecule has 0 saturated carbocycles. The van der Waals surface area contributed by atoms with Crippen LogP contribution < -0.4 is 0 Å². The summed E-state index contributed by atoms with van der Waals surface area (Å²) in [6.07, 6.45) is 4.44. The van der Waals surface area contributed by atoms with Crippen molar-refractivity contribution in [1.29, 1.82) is 0 Å². The standard InChI is InChI=1S/C18H28N2O3S2/c1-14-10-15(2)13-19(12-14)17(21)11-16-6-7-18(24-16)25(22,23)20-8-4-3-5-9-20/h6-7,14-15H,3-5,8-13H2,1-2H3. The molecule has 3 heterocycles. The third-order valence-electron chi connectivity index (χ3n) is 5.09. The lowest BCUT2D eigenvalue weighted by Crippen LogP contribution is -2.43. The highest BCUT2D eigenvalue weighted by atomic mass is 32.2. The number of carbonyl (C=O) groups excluding carboxylic acids is 1. The van der Waals surface area contributed by atoms with Crippen LogP contribution in [0.25, 0.3) is 0 Å². The van der Waals surface area contributed by atoms with Crippen LogP contribution in [0.15, 0.2) is 16.3 Å². The van der Waals surface area contributed by atoms with Gasteiger partial charge in [-0.3, -0.25) is 4.79 Å². The number of amides is 1. The maximum absolute atomic E-state index is 12.7. The molecule has 0 bridgehead atoms. The number of hydrogen-bond donors (Lipinski definition) is 0. The molecule has 1 amide bonds. The zero-order chi connectivity index (χ0) is 18.0. The fraction of sp³-hybridized carbons (Fsp3) is 0.722. The predicted octanol–water partition coefficient (Wildman–Crippen LogP) is 2.97. The van der Waals surface area contributed by atoms with Crippen molar-refractivity contribution in [3.63, 3.8) is 0 Å². The summed E-state index contributed by atoms with van der Waals surface area (Å²) in [4.78, 5) is 15.4. The number of thiophene rings is 1. The third kappa shape index (κ3) is 4.44. The van der Waals surface area contributed by atoms with Crippen molar-refractivity contribution in [2.75, 3.05) is 26.2 Å². The summed E-state index contributed by atoms with van der Waals surface area (Å²) in [7, 11) is -3.39. The van der Waals surface area contributed by atoms with Gasteiger partial charge in [0.2, 0.25) is 5.91 Å². The normalized spacial score (nSPS) is 25.9. The summed E-state index contributed by atoms with van der Waals surface area (Å²) in [5, 5.41) is 0. The van der Waals surface area contributed by atoms with Crippen LogP contribution in [0.2, 0.25) is 0 Å². The first-order chi connectivity index (χ1) is 11.9. The fourth-order valence-corrected chi connectivity index (χ4v) is 6.97. The monoisotopic (exact) mass is 384 g/mol. The minimum absolute atomic E-state index is 0.113. The lowest BCUT2D eigenvalue weighted by molar-refractivity contribution is -0.133. The molecule has 0 radical (unpaired) electrons. The summed E-state index contributed by atoms with van der Waals surface area (Å²) in [6.45, 7) is 7.21. The second-order valence-corrected chi connectivity index (χ2v) is 10.9. The van der Waals surface area contributed by atoms with Crippen LogP contribution in [0.4, 0.5) is 0 Å². The Morgan fingerprint density at radius 1 is 1.12 bits per heavy atom. The molecule has 140 valence electrons. The SMILES string of the molecule is CC1CC(C)CN(C(=O)Cc2ccc(S(=O)(=O)N3CCCCC3)s2)C1. The van der Waals surface area contributed by atoms with Crippen molar-refractivity contribution < 1.29 is 13.2 Å². The van der Waals surface area contributed by atoms with Crippen molar-refractivity contribution in [1.82, 2.24) is 9.21 Å². The van der Waals surface area contributed by atoms with Crippen molar-refractivity contribution in [3.05, 3.63) is 17.0 Å². The van der Waals surface area contributed by atoms with E-state index in [9.17, 15) is 13.2 Å². The van der Waals surface area contributed by atoms with Crippen LogP contribution in [0, 0.1) is 11.8 Å². The Morgan fingerprint density at radius 3 is 2.40 bits per heavy atom. The number of rotatable bonds is 4. The highest BCUT2D eigenvalue weighted by Crippen LogP contribution is 2.28. The molecule has 5 nitrogen and oxygen atoms in total. The van der Waals surface area contributed by atoms with Gasteiger partial charge in [-0.1, -0.05) is 20.3 Å². The Bertz CT molecular complexity index is 698. The first-order valence-corrected chi connectivity index (χ1v) is 11.5. The highest BCUT2D eigenvalue weighted by molar-refractivity contribution is 7.91. The van der Waals surface area contributed by atoms with E-state index in [1.54, 1.807) is 16.4 Å². The van der Waals surface area contributed by atoms with Crippen LogP contribution in [-0.2, 0) is 21.2 Å². The zero-order valence-corrected chi connectivity index (χ0v) is 16.7. The van der Waals surface area contributed by atoms with Gasteiger partial charge in [0.15, 0.2) is 0 Å². The Kier molecular flexibility index (Phi) is 5.85. The van der Waals surface area contributed by atoms with Crippen LogP contribution in [0.1, 0.15) is 44.4 Å². The summed E-state index contributed by atoms with van der Waals surface area (Å²) < 4.78 is 27.4. The van der Waals surface area contributed by atoms with Gasteiger partial charge >= 0.3 is 0 Å². The van der Waals surface area contributed by atoms with E-state index in [0.29, 0.717) is 35.6 Å². The molecule has 0 N–H and O–H groups in total. The molecule has 0 spiro atoms. The number of nitrogens with zero attached hydrogens (tertiary/aromatic N) is 2. The number of likely N-dealkylation sites (tertiary alicyclic amines) is 1. The molecule has 7 heteroatoms. The third-order valence-corrected chi connectivity index (χ3v) is 8.54. The van der Waals surface area contributed by atoms with E-state index >= 15 is 0 Å². The molecule has 3 rings (SSSR count). The Morgan fingerprint density at radius 2 is 1.76 bits per heavy atom. The second-order valence-electron chi connectivity index (χ2n) is 7.61.